The molecule has 3 nitrogen and oxygen atoms in total. The first-order valence-corrected chi connectivity index (χ1v) is 6.92. The van der Waals surface area contributed by atoms with E-state index in [0.717, 1.165) is 5.56 Å². The summed E-state index contributed by atoms with van der Waals surface area (Å²) in [5, 5.41) is 1.24. The van der Waals surface area contributed by atoms with Crippen LogP contribution in [-0.4, -0.2) is 22.8 Å². The Hall–Kier alpha value is -1.29. The van der Waals surface area contributed by atoms with E-state index in [9.17, 15) is 4.79 Å². The van der Waals surface area contributed by atoms with Crippen LogP contribution in [0.2, 0.25) is 15.2 Å². The molecule has 2 rings (SSSR count). The highest BCUT2D eigenvalue weighted by Gasteiger charge is 2.14. The zero-order valence-corrected chi connectivity index (χ0v) is 12.9. The van der Waals surface area contributed by atoms with Gasteiger partial charge in [0.1, 0.15) is 10.8 Å². The molecule has 0 aliphatic carbocycles. The van der Waals surface area contributed by atoms with E-state index in [0.29, 0.717) is 27.4 Å². The zero-order chi connectivity index (χ0) is 14.7. The molecule has 1 aromatic heterocycles. The number of carbonyl (C=O) groups excluding carboxylic acids is 1. The van der Waals surface area contributed by atoms with Gasteiger partial charge in [-0.3, -0.25) is 4.79 Å². The van der Waals surface area contributed by atoms with Crippen molar-refractivity contribution in [3.8, 4) is 0 Å². The van der Waals surface area contributed by atoms with Crippen molar-refractivity contribution in [3.63, 3.8) is 0 Å². The molecule has 0 saturated carbocycles. The van der Waals surface area contributed by atoms with Gasteiger partial charge in [-0.25, -0.2) is 4.98 Å². The fraction of sp³-hybridized carbons (Fsp3) is 0.143. The van der Waals surface area contributed by atoms with Crippen LogP contribution in [0.5, 0.6) is 0 Å². The lowest BCUT2D eigenvalue weighted by Gasteiger charge is -2.17. The van der Waals surface area contributed by atoms with Crippen LogP contribution in [0, 0.1) is 0 Å². The molecule has 1 amide bonds. The second-order valence-corrected chi connectivity index (χ2v) is 5.46. The van der Waals surface area contributed by atoms with Gasteiger partial charge in [-0.1, -0.05) is 46.9 Å². The highest BCUT2D eigenvalue weighted by atomic mass is 35.5. The standard InChI is InChI=1S/C14H11Cl3N2O/c1-19(8-9-5-6-10(15)11(16)7-9)14(20)12-3-2-4-13(17)18-12/h2-7H,8H2,1H3. The lowest BCUT2D eigenvalue weighted by atomic mass is 10.2. The van der Waals surface area contributed by atoms with E-state index in [1.807, 2.05) is 6.07 Å². The van der Waals surface area contributed by atoms with E-state index in [2.05, 4.69) is 4.98 Å². The Balaban J connectivity index is 2.13. The molecular weight excluding hydrogens is 319 g/mol. The number of aromatic nitrogens is 1. The van der Waals surface area contributed by atoms with Gasteiger partial charge >= 0.3 is 0 Å². The highest BCUT2D eigenvalue weighted by molar-refractivity contribution is 6.42. The van der Waals surface area contributed by atoms with Crippen LogP contribution in [0.1, 0.15) is 16.1 Å². The van der Waals surface area contributed by atoms with E-state index in [1.165, 1.54) is 4.90 Å². The van der Waals surface area contributed by atoms with Crippen molar-refractivity contribution < 1.29 is 4.79 Å². The molecule has 0 spiro atoms. The number of hydrogen-bond donors (Lipinski definition) is 0. The number of amides is 1. The van der Waals surface area contributed by atoms with Gasteiger partial charge in [-0.2, -0.15) is 0 Å². The lowest BCUT2D eigenvalue weighted by Crippen LogP contribution is -2.27. The van der Waals surface area contributed by atoms with Crippen LogP contribution in [0.3, 0.4) is 0 Å². The number of halogens is 3. The minimum Gasteiger partial charge on any atom is -0.336 e. The maximum Gasteiger partial charge on any atom is 0.272 e. The quantitative estimate of drug-likeness (QED) is 0.786. The number of carbonyl (C=O) groups is 1. The second kappa shape index (κ2) is 6.44. The predicted molar refractivity (Wildman–Crippen MR) is 81.5 cm³/mol. The fourth-order valence-electron chi connectivity index (χ4n) is 1.71. The second-order valence-electron chi connectivity index (χ2n) is 4.26. The first-order valence-electron chi connectivity index (χ1n) is 5.79. The van der Waals surface area contributed by atoms with E-state index in [1.54, 1.807) is 37.4 Å². The van der Waals surface area contributed by atoms with Gasteiger partial charge in [-0.05, 0) is 29.8 Å². The van der Waals surface area contributed by atoms with Crippen LogP contribution < -0.4 is 0 Å². The summed E-state index contributed by atoms with van der Waals surface area (Å²) in [6.45, 7) is 0.407. The van der Waals surface area contributed by atoms with Crippen molar-refractivity contribution in [3.05, 3.63) is 62.9 Å². The van der Waals surface area contributed by atoms with Crippen molar-refractivity contribution in [1.82, 2.24) is 9.88 Å². The molecular formula is C14H11Cl3N2O. The Morgan fingerprint density at radius 3 is 2.55 bits per heavy atom. The number of hydrogen-bond acceptors (Lipinski definition) is 2. The maximum absolute atomic E-state index is 12.2. The van der Waals surface area contributed by atoms with Gasteiger partial charge < -0.3 is 4.90 Å². The number of rotatable bonds is 3. The third-order valence-corrected chi connectivity index (χ3v) is 3.63. The SMILES string of the molecule is CN(Cc1ccc(Cl)c(Cl)c1)C(=O)c1cccc(Cl)n1. The van der Waals surface area contributed by atoms with Crippen LogP contribution >= 0.6 is 34.8 Å². The molecule has 1 aromatic carbocycles. The predicted octanol–water partition coefficient (Wildman–Crippen LogP) is 4.31. The van der Waals surface area contributed by atoms with Gasteiger partial charge in [0, 0.05) is 13.6 Å². The fourth-order valence-corrected chi connectivity index (χ4v) is 2.19. The third kappa shape index (κ3) is 3.63. The van der Waals surface area contributed by atoms with Gasteiger partial charge in [0.25, 0.3) is 5.91 Å². The van der Waals surface area contributed by atoms with Crippen LogP contribution in [0.15, 0.2) is 36.4 Å². The molecule has 0 fully saturated rings. The lowest BCUT2D eigenvalue weighted by molar-refractivity contribution is 0.0779. The maximum atomic E-state index is 12.2. The topological polar surface area (TPSA) is 33.2 Å². The number of pyridine rings is 1. The summed E-state index contributed by atoms with van der Waals surface area (Å²) < 4.78 is 0. The molecule has 6 heteroatoms. The van der Waals surface area contributed by atoms with Crippen molar-refractivity contribution >= 4 is 40.7 Å². The molecule has 0 bridgehead atoms. The zero-order valence-electron chi connectivity index (χ0n) is 10.6. The van der Waals surface area contributed by atoms with Crippen LogP contribution in [-0.2, 0) is 6.54 Å². The van der Waals surface area contributed by atoms with Crippen LogP contribution in [0.4, 0.5) is 0 Å². The molecule has 20 heavy (non-hydrogen) atoms. The smallest absolute Gasteiger partial charge is 0.272 e. The molecule has 104 valence electrons. The highest BCUT2D eigenvalue weighted by Crippen LogP contribution is 2.23. The van der Waals surface area contributed by atoms with Gasteiger partial charge in [0.05, 0.1) is 10.0 Å². The van der Waals surface area contributed by atoms with Gasteiger partial charge in [-0.15, -0.1) is 0 Å². The number of nitrogens with zero attached hydrogens (tertiary/aromatic N) is 2. The van der Waals surface area contributed by atoms with Crippen molar-refractivity contribution in [1.29, 1.82) is 0 Å². The summed E-state index contributed by atoms with van der Waals surface area (Å²) in [4.78, 5) is 17.7. The van der Waals surface area contributed by atoms with E-state index in [-0.39, 0.29) is 5.91 Å². The van der Waals surface area contributed by atoms with E-state index >= 15 is 0 Å². The summed E-state index contributed by atoms with van der Waals surface area (Å²) >= 11 is 17.6. The van der Waals surface area contributed by atoms with Crippen LogP contribution in [0.25, 0.3) is 0 Å². The average Bonchev–Trinajstić information content (AvgIpc) is 2.42. The third-order valence-electron chi connectivity index (χ3n) is 2.68. The minimum absolute atomic E-state index is 0.210. The molecule has 0 N–H and O–H groups in total. The van der Waals surface area contributed by atoms with E-state index in [4.69, 9.17) is 34.8 Å². The summed E-state index contributed by atoms with van der Waals surface area (Å²) in [6.07, 6.45) is 0. The van der Waals surface area contributed by atoms with Crippen molar-refractivity contribution in [2.24, 2.45) is 0 Å². The van der Waals surface area contributed by atoms with Gasteiger partial charge in [0.15, 0.2) is 0 Å². The Morgan fingerprint density at radius 1 is 1.15 bits per heavy atom. The summed E-state index contributed by atoms with van der Waals surface area (Å²) in [5.74, 6) is -0.210. The Labute approximate surface area is 132 Å². The molecule has 0 radical (unpaired) electrons. The first kappa shape index (κ1) is 15.1. The molecule has 0 aliphatic heterocycles. The molecule has 2 aromatic rings. The molecule has 0 aliphatic rings. The summed E-state index contributed by atoms with van der Waals surface area (Å²) in [5.41, 5.74) is 1.19. The minimum atomic E-state index is -0.210. The Kier molecular flexibility index (Phi) is 4.86. The summed E-state index contributed by atoms with van der Waals surface area (Å²) in [7, 11) is 1.69. The Bertz CT molecular complexity index is 646. The van der Waals surface area contributed by atoms with E-state index < -0.39 is 0 Å². The summed E-state index contributed by atoms with van der Waals surface area (Å²) in [6, 6.07) is 10.2. The molecule has 0 unspecified atom stereocenters. The number of benzene rings is 1. The van der Waals surface area contributed by atoms with Crippen molar-refractivity contribution in [2.45, 2.75) is 6.54 Å². The Morgan fingerprint density at radius 2 is 1.90 bits per heavy atom. The first-order chi connectivity index (χ1) is 9.47. The van der Waals surface area contributed by atoms with Gasteiger partial charge in [0.2, 0.25) is 0 Å². The average molecular weight is 330 g/mol. The molecule has 0 saturated heterocycles. The normalized spacial score (nSPS) is 10.4. The molecule has 1 heterocycles. The largest absolute Gasteiger partial charge is 0.336 e. The molecule has 0 atom stereocenters. The monoisotopic (exact) mass is 328 g/mol. The van der Waals surface area contributed by atoms with Crippen molar-refractivity contribution in [2.75, 3.05) is 7.05 Å².